The first-order chi connectivity index (χ1) is 10.9. The molecule has 1 N–H and O–H groups in total. The van der Waals surface area contributed by atoms with Crippen LogP contribution in [0.4, 0.5) is 4.39 Å². The van der Waals surface area contributed by atoms with Gasteiger partial charge in [-0.2, -0.15) is 0 Å². The quantitative estimate of drug-likeness (QED) is 0.873. The first kappa shape index (κ1) is 17.7. The van der Waals surface area contributed by atoms with E-state index in [1.807, 2.05) is 37.2 Å². The zero-order chi connectivity index (χ0) is 17.0. The van der Waals surface area contributed by atoms with E-state index >= 15 is 0 Å². The maximum atomic E-state index is 13.8. The lowest BCUT2D eigenvalue weighted by Crippen LogP contribution is -2.35. The van der Waals surface area contributed by atoms with Crippen molar-refractivity contribution in [2.75, 3.05) is 20.6 Å². The maximum Gasteiger partial charge on any atom is 0.254 e. The van der Waals surface area contributed by atoms with Crippen LogP contribution in [0.15, 0.2) is 42.5 Å². The highest BCUT2D eigenvalue weighted by Crippen LogP contribution is 2.25. The average Bonchev–Trinajstić information content (AvgIpc) is 2.48. The average molecular weight is 355 g/mol. The summed E-state index contributed by atoms with van der Waals surface area (Å²) in [4.78, 5) is 14.1. The van der Waals surface area contributed by atoms with Crippen molar-refractivity contribution < 1.29 is 9.18 Å². The number of likely N-dealkylation sites (N-methyl/N-ethyl adjacent to an activating group) is 1. The number of hydrogen-bond donors (Lipinski definition) is 1. The third-order valence-corrected chi connectivity index (χ3v) is 4.10. The van der Waals surface area contributed by atoms with Gasteiger partial charge in [0.15, 0.2) is 0 Å². The van der Waals surface area contributed by atoms with E-state index in [1.165, 1.54) is 12.1 Å². The number of carbonyl (C=O) groups excluding carboxylic acids is 1. The number of nitrogens with zero attached hydrogens (tertiary/aromatic N) is 1. The molecular weight excluding hydrogens is 338 g/mol. The second kappa shape index (κ2) is 7.77. The summed E-state index contributed by atoms with van der Waals surface area (Å²) in [6.07, 6.45) is 0. The molecule has 1 atom stereocenters. The molecule has 0 saturated heterocycles. The van der Waals surface area contributed by atoms with Gasteiger partial charge in [-0.05, 0) is 43.9 Å². The highest BCUT2D eigenvalue weighted by Gasteiger charge is 2.19. The molecule has 122 valence electrons. The van der Waals surface area contributed by atoms with Gasteiger partial charge in [0, 0.05) is 16.6 Å². The van der Waals surface area contributed by atoms with Gasteiger partial charge in [0.05, 0.1) is 11.6 Å². The number of halogens is 3. The van der Waals surface area contributed by atoms with Crippen LogP contribution in [0.5, 0.6) is 0 Å². The summed E-state index contributed by atoms with van der Waals surface area (Å²) in [5.74, 6) is -1.13. The third kappa shape index (κ3) is 4.44. The van der Waals surface area contributed by atoms with Crippen molar-refractivity contribution >= 4 is 29.1 Å². The Morgan fingerprint density at radius 1 is 1.22 bits per heavy atom. The van der Waals surface area contributed by atoms with Crippen LogP contribution in [0, 0.1) is 5.82 Å². The van der Waals surface area contributed by atoms with Gasteiger partial charge in [0.25, 0.3) is 5.91 Å². The van der Waals surface area contributed by atoms with E-state index in [1.54, 1.807) is 6.07 Å². The van der Waals surface area contributed by atoms with Crippen LogP contribution < -0.4 is 5.32 Å². The zero-order valence-electron chi connectivity index (χ0n) is 12.8. The Kier molecular flexibility index (Phi) is 5.99. The molecule has 0 unspecified atom stereocenters. The van der Waals surface area contributed by atoms with Gasteiger partial charge < -0.3 is 10.2 Å². The Morgan fingerprint density at radius 3 is 2.52 bits per heavy atom. The SMILES string of the molecule is CN(C)[C@H](CNC(=O)c1ccc(Cl)cc1F)c1ccccc1Cl. The topological polar surface area (TPSA) is 32.3 Å². The Hall–Kier alpha value is -1.62. The first-order valence-corrected chi connectivity index (χ1v) is 7.80. The minimum atomic E-state index is -0.644. The van der Waals surface area contributed by atoms with E-state index in [0.717, 1.165) is 11.6 Å². The molecule has 0 heterocycles. The predicted octanol–water partition coefficient (Wildman–Crippen LogP) is 4.17. The second-order valence-corrected chi connectivity index (χ2v) is 6.18. The number of hydrogen-bond acceptors (Lipinski definition) is 2. The largest absolute Gasteiger partial charge is 0.350 e. The highest BCUT2D eigenvalue weighted by atomic mass is 35.5. The van der Waals surface area contributed by atoms with Gasteiger partial charge in [-0.15, -0.1) is 0 Å². The minimum Gasteiger partial charge on any atom is -0.350 e. The van der Waals surface area contributed by atoms with Gasteiger partial charge in [0.2, 0.25) is 0 Å². The summed E-state index contributed by atoms with van der Waals surface area (Å²) >= 11 is 11.9. The van der Waals surface area contributed by atoms with E-state index in [9.17, 15) is 9.18 Å². The third-order valence-electron chi connectivity index (χ3n) is 3.52. The van der Waals surface area contributed by atoms with Crippen molar-refractivity contribution in [1.82, 2.24) is 10.2 Å². The summed E-state index contributed by atoms with van der Waals surface area (Å²) in [5, 5.41) is 3.62. The number of nitrogens with one attached hydrogen (secondary N) is 1. The van der Waals surface area contributed by atoms with Gasteiger partial charge >= 0.3 is 0 Å². The summed E-state index contributed by atoms with van der Waals surface area (Å²) < 4.78 is 13.8. The molecule has 3 nitrogen and oxygen atoms in total. The van der Waals surface area contributed by atoms with Crippen LogP contribution in [-0.4, -0.2) is 31.4 Å². The van der Waals surface area contributed by atoms with Crippen LogP contribution >= 0.6 is 23.2 Å². The monoisotopic (exact) mass is 354 g/mol. The minimum absolute atomic E-state index is 0.0361. The number of rotatable bonds is 5. The molecule has 2 aromatic carbocycles. The molecule has 0 aromatic heterocycles. The molecule has 23 heavy (non-hydrogen) atoms. The van der Waals surface area contributed by atoms with E-state index in [4.69, 9.17) is 23.2 Å². The molecule has 0 spiro atoms. The van der Waals surface area contributed by atoms with Gasteiger partial charge in [0.1, 0.15) is 5.82 Å². The Morgan fingerprint density at radius 2 is 1.91 bits per heavy atom. The first-order valence-electron chi connectivity index (χ1n) is 7.04. The molecule has 0 bridgehead atoms. The predicted molar refractivity (Wildman–Crippen MR) is 91.6 cm³/mol. The smallest absolute Gasteiger partial charge is 0.254 e. The fourth-order valence-electron chi connectivity index (χ4n) is 2.27. The number of benzene rings is 2. The van der Waals surface area contributed by atoms with Crippen molar-refractivity contribution in [2.45, 2.75) is 6.04 Å². The Labute approximate surface area is 145 Å². The van der Waals surface area contributed by atoms with E-state index < -0.39 is 11.7 Å². The van der Waals surface area contributed by atoms with Crippen LogP contribution in [0.2, 0.25) is 10.0 Å². The van der Waals surface area contributed by atoms with E-state index in [2.05, 4.69) is 5.32 Å². The lowest BCUT2D eigenvalue weighted by atomic mass is 10.1. The van der Waals surface area contributed by atoms with Gasteiger partial charge in [-0.3, -0.25) is 4.79 Å². The molecular formula is C17H17Cl2FN2O. The maximum absolute atomic E-state index is 13.8. The van der Waals surface area contributed by atoms with E-state index in [-0.39, 0.29) is 16.6 Å². The van der Waals surface area contributed by atoms with Crippen LogP contribution in [-0.2, 0) is 0 Å². The summed E-state index contributed by atoms with van der Waals surface area (Å²) in [7, 11) is 3.78. The fourth-order valence-corrected chi connectivity index (χ4v) is 2.69. The Balaban J connectivity index is 2.13. The lowest BCUT2D eigenvalue weighted by Gasteiger charge is -2.26. The number of carbonyl (C=O) groups is 1. The molecule has 0 fully saturated rings. The van der Waals surface area contributed by atoms with Crippen LogP contribution in [0.3, 0.4) is 0 Å². The zero-order valence-corrected chi connectivity index (χ0v) is 14.3. The summed E-state index contributed by atoms with van der Waals surface area (Å²) in [6, 6.07) is 11.3. The van der Waals surface area contributed by atoms with Crippen molar-refractivity contribution in [2.24, 2.45) is 0 Å². The van der Waals surface area contributed by atoms with Crippen molar-refractivity contribution in [3.05, 3.63) is 69.5 Å². The normalized spacial score (nSPS) is 12.3. The van der Waals surface area contributed by atoms with Gasteiger partial charge in [-0.25, -0.2) is 4.39 Å². The molecule has 0 aliphatic heterocycles. The summed E-state index contributed by atoms with van der Waals surface area (Å²) in [6.45, 7) is 0.303. The lowest BCUT2D eigenvalue weighted by molar-refractivity contribution is 0.0938. The summed E-state index contributed by atoms with van der Waals surface area (Å²) in [5.41, 5.74) is 0.863. The highest BCUT2D eigenvalue weighted by molar-refractivity contribution is 6.31. The van der Waals surface area contributed by atoms with Crippen molar-refractivity contribution in [1.29, 1.82) is 0 Å². The van der Waals surface area contributed by atoms with E-state index in [0.29, 0.717) is 11.6 Å². The molecule has 0 aliphatic rings. The molecule has 2 rings (SSSR count). The van der Waals surface area contributed by atoms with Gasteiger partial charge in [-0.1, -0.05) is 41.4 Å². The fraction of sp³-hybridized carbons (Fsp3) is 0.235. The molecule has 6 heteroatoms. The van der Waals surface area contributed by atoms with Crippen molar-refractivity contribution in [3.8, 4) is 0 Å². The Bertz CT molecular complexity index is 707. The second-order valence-electron chi connectivity index (χ2n) is 5.34. The van der Waals surface area contributed by atoms with Crippen LogP contribution in [0.25, 0.3) is 0 Å². The standard InChI is InChI=1S/C17H17Cl2FN2O/c1-22(2)16(12-5-3-4-6-14(12)19)10-21-17(23)13-8-7-11(18)9-15(13)20/h3-9,16H,10H2,1-2H3,(H,21,23)/t16-/m1/s1. The molecule has 0 saturated carbocycles. The van der Waals surface area contributed by atoms with Crippen molar-refractivity contribution in [3.63, 3.8) is 0 Å². The molecule has 1 amide bonds. The molecule has 0 aliphatic carbocycles. The van der Waals surface area contributed by atoms with Crippen LogP contribution in [0.1, 0.15) is 22.0 Å². The molecule has 2 aromatic rings. The molecule has 0 radical (unpaired) electrons. The number of amides is 1.